The number of benzene rings is 1. The number of carbonyl (C=O) groups excluding carboxylic acids is 1. The van der Waals surface area contributed by atoms with Gasteiger partial charge in [-0.1, -0.05) is 13.8 Å². The van der Waals surface area contributed by atoms with Gasteiger partial charge in [0.25, 0.3) is 0 Å². The summed E-state index contributed by atoms with van der Waals surface area (Å²) in [4.78, 5) is 15.2. The zero-order valence-electron chi connectivity index (χ0n) is 18.6. The number of nitriles is 1. The minimum absolute atomic E-state index is 0.0378. The second-order valence-electron chi connectivity index (χ2n) is 9.16. The number of hydrogen-bond donors (Lipinski definition) is 1. The Morgan fingerprint density at radius 1 is 1.13 bits per heavy atom. The number of carbonyl (C=O) groups is 1. The second-order valence-corrected chi connectivity index (χ2v) is 11.1. The quantitative estimate of drug-likeness (QED) is 0.650. The zero-order valence-corrected chi connectivity index (χ0v) is 19.4. The first-order valence-electron chi connectivity index (χ1n) is 11.3. The number of piperidine rings is 2. The molecule has 2 heterocycles. The van der Waals surface area contributed by atoms with Crippen molar-refractivity contribution in [1.82, 2.24) is 14.5 Å². The normalized spacial score (nSPS) is 23.9. The van der Waals surface area contributed by atoms with Crippen LogP contribution in [-0.4, -0.2) is 62.8 Å². The van der Waals surface area contributed by atoms with Crippen molar-refractivity contribution >= 4 is 15.9 Å². The van der Waals surface area contributed by atoms with E-state index in [4.69, 9.17) is 5.26 Å². The largest absolute Gasteiger partial charge is 0.356 e. The lowest BCUT2D eigenvalue weighted by Crippen LogP contribution is -2.43. The lowest BCUT2D eigenvalue weighted by Gasteiger charge is -2.35. The Hall–Kier alpha value is -1.95. The number of rotatable bonds is 7. The van der Waals surface area contributed by atoms with Crippen LogP contribution in [0.2, 0.25) is 0 Å². The van der Waals surface area contributed by atoms with E-state index in [0.29, 0.717) is 38.0 Å². The van der Waals surface area contributed by atoms with Gasteiger partial charge in [0, 0.05) is 38.6 Å². The van der Waals surface area contributed by atoms with E-state index in [0.717, 1.165) is 37.9 Å². The van der Waals surface area contributed by atoms with Gasteiger partial charge in [-0.25, -0.2) is 8.42 Å². The molecule has 2 fully saturated rings. The monoisotopic (exact) mass is 446 g/mol. The van der Waals surface area contributed by atoms with E-state index in [1.807, 2.05) is 6.07 Å². The van der Waals surface area contributed by atoms with Crippen LogP contribution in [0, 0.1) is 29.1 Å². The molecule has 3 rings (SSSR count). The zero-order chi connectivity index (χ0) is 22.4. The SMILES string of the molecule is CC1CC(C)CN(CCCNC(=O)C2CCN(S(=O)(=O)c3ccc(C#N)cc3)CC2)C1. The third-order valence-electron chi connectivity index (χ3n) is 6.34. The van der Waals surface area contributed by atoms with Gasteiger partial charge < -0.3 is 10.2 Å². The summed E-state index contributed by atoms with van der Waals surface area (Å²) in [6, 6.07) is 7.95. The Labute approximate surface area is 186 Å². The standard InChI is InChI=1S/C23H34N4O3S/c1-18-14-19(2)17-26(16-18)11-3-10-25-23(28)21-8-12-27(13-9-21)31(29,30)22-6-4-20(15-24)5-7-22/h4-7,18-19,21H,3,8-14,16-17H2,1-2H3,(H,25,28). The van der Waals surface area contributed by atoms with Crippen LogP contribution >= 0.6 is 0 Å². The van der Waals surface area contributed by atoms with Crippen molar-refractivity contribution in [2.45, 2.75) is 44.4 Å². The van der Waals surface area contributed by atoms with Gasteiger partial charge in [-0.3, -0.25) is 4.79 Å². The van der Waals surface area contributed by atoms with Gasteiger partial charge in [-0.2, -0.15) is 9.57 Å². The van der Waals surface area contributed by atoms with Crippen LogP contribution in [-0.2, 0) is 14.8 Å². The lowest BCUT2D eigenvalue weighted by molar-refractivity contribution is -0.126. The van der Waals surface area contributed by atoms with Crippen molar-refractivity contribution in [2.24, 2.45) is 17.8 Å². The number of hydrogen-bond acceptors (Lipinski definition) is 5. The highest BCUT2D eigenvalue weighted by Gasteiger charge is 2.32. The summed E-state index contributed by atoms with van der Waals surface area (Å²) in [5.74, 6) is 1.38. The maximum absolute atomic E-state index is 12.8. The molecule has 1 N–H and O–H groups in total. The minimum Gasteiger partial charge on any atom is -0.356 e. The minimum atomic E-state index is -3.59. The molecule has 7 nitrogen and oxygen atoms in total. The Morgan fingerprint density at radius 3 is 2.32 bits per heavy atom. The third-order valence-corrected chi connectivity index (χ3v) is 8.25. The Bertz CT molecular complexity index is 876. The predicted molar refractivity (Wildman–Crippen MR) is 120 cm³/mol. The molecule has 0 spiro atoms. The summed E-state index contributed by atoms with van der Waals surface area (Å²) in [7, 11) is -3.59. The maximum atomic E-state index is 12.8. The van der Waals surface area contributed by atoms with Crippen molar-refractivity contribution in [3.8, 4) is 6.07 Å². The third kappa shape index (κ3) is 6.28. The van der Waals surface area contributed by atoms with Crippen LogP contribution < -0.4 is 5.32 Å². The smallest absolute Gasteiger partial charge is 0.243 e. The molecule has 1 amide bonds. The van der Waals surface area contributed by atoms with Crippen LogP contribution in [0.1, 0.15) is 45.1 Å². The van der Waals surface area contributed by atoms with E-state index in [9.17, 15) is 13.2 Å². The molecule has 0 radical (unpaired) electrons. The molecule has 2 unspecified atom stereocenters. The molecular weight excluding hydrogens is 412 g/mol. The lowest BCUT2D eigenvalue weighted by atomic mass is 9.92. The fraction of sp³-hybridized carbons (Fsp3) is 0.652. The molecule has 0 saturated carbocycles. The van der Waals surface area contributed by atoms with E-state index >= 15 is 0 Å². The fourth-order valence-electron chi connectivity index (χ4n) is 4.84. The van der Waals surface area contributed by atoms with Crippen molar-refractivity contribution in [3.63, 3.8) is 0 Å². The number of nitrogens with zero attached hydrogens (tertiary/aromatic N) is 3. The first kappa shape index (κ1) is 23.7. The number of sulfonamides is 1. The Kier molecular flexibility index (Phi) is 8.09. The van der Waals surface area contributed by atoms with Crippen molar-refractivity contribution in [2.75, 3.05) is 39.3 Å². The fourth-order valence-corrected chi connectivity index (χ4v) is 6.31. The summed E-state index contributed by atoms with van der Waals surface area (Å²) >= 11 is 0. The molecule has 1 aromatic rings. The van der Waals surface area contributed by atoms with Gasteiger partial charge in [0.1, 0.15) is 0 Å². The van der Waals surface area contributed by atoms with E-state index < -0.39 is 10.0 Å². The van der Waals surface area contributed by atoms with E-state index in [1.165, 1.54) is 35.0 Å². The van der Waals surface area contributed by atoms with Gasteiger partial charge >= 0.3 is 0 Å². The average Bonchev–Trinajstić information content (AvgIpc) is 2.76. The summed E-state index contributed by atoms with van der Waals surface area (Å²) in [5.41, 5.74) is 0.429. The Balaban J connectivity index is 1.40. The summed E-state index contributed by atoms with van der Waals surface area (Å²) < 4.78 is 27.1. The summed E-state index contributed by atoms with van der Waals surface area (Å²) in [5, 5.41) is 11.9. The Morgan fingerprint density at radius 2 is 1.74 bits per heavy atom. The van der Waals surface area contributed by atoms with E-state index in [-0.39, 0.29) is 16.7 Å². The van der Waals surface area contributed by atoms with Crippen molar-refractivity contribution in [3.05, 3.63) is 29.8 Å². The predicted octanol–water partition coefficient (Wildman–Crippen LogP) is 2.44. The molecular formula is C23H34N4O3S. The van der Waals surface area contributed by atoms with Crippen LogP contribution in [0.5, 0.6) is 0 Å². The van der Waals surface area contributed by atoms with Gasteiger partial charge in [-0.15, -0.1) is 0 Å². The summed E-state index contributed by atoms with van der Waals surface area (Å²) in [6.45, 7) is 9.25. The molecule has 2 atom stereocenters. The molecule has 0 aliphatic carbocycles. The van der Waals surface area contributed by atoms with Crippen LogP contribution in [0.15, 0.2) is 29.2 Å². The molecule has 2 aliphatic heterocycles. The molecule has 31 heavy (non-hydrogen) atoms. The number of nitrogens with one attached hydrogen (secondary N) is 1. The second kappa shape index (κ2) is 10.6. The highest BCUT2D eigenvalue weighted by Crippen LogP contribution is 2.24. The first-order valence-corrected chi connectivity index (χ1v) is 12.7. The molecule has 0 aromatic heterocycles. The van der Waals surface area contributed by atoms with Crippen LogP contribution in [0.3, 0.4) is 0 Å². The molecule has 0 bridgehead atoms. The molecule has 2 aliphatic rings. The molecule has 2 saturated heterocycles. The van der Waals surface area contributed by atoms with Gasteiger partial charge in [0.2, 0.25) is 15.9 Å². The van der Waals surface area contributed by atoms with Gasteiger partial charge in [0.05, 0.1) is 16.5 Å². The van der Waals surface area contributed by atoms with Gasteiger partial charge in [-0.05, 0) is 68.3 Å². The first-order chi connectivity index (χ1) is 14.8. The van der Waals surface area contributed by atoms with Gasteiger partial charge in [0.15, 0.2) is 0 Å². The highest BCUT2D eigenvalue weighted by atomic mass is 32.2. The average molecular weight is 447 g/mol. The van der Waals surface area contributed by atoms with Crippen molar-refractivity contribution < 1.29 is 13.2 Å². The van der Waals surface area contributed by atoms with E-state index in [2.05, 4.69) is 24.1 Å². The number of amides is 1. The molecule has 170 valence electrons. The van der Waals surface area contributed by atoms with Crippen LogP contribution in [0.4, 0.5) is 0 Å². The maximum Gasteiger partial charge on any atom is 0.243 e. The number of likely N-dealkylation sites (tertiary alicyclic amines) is 1. The highest BCUT2D eigenvalue weighted by molar-refractivity contribution is 7.89. The molecule has 1 aromatic carbocycles. The topological polar surface area (TPSA) is 93.5 Å². The summed E-state index contributed by atoms with van der Waals surface area (Å²) in [6.07, 6.45) is 3.30. The molecule has 8 heteroatoms. The van der Waals surface area contributed by atoms with Crippen molar-refractivity contribution in [1.29, 1.82) is 5.26 Å². The van der Waals surface area contributed by atoms with E-state index in [1.54, 1.807) is 0 Å². The van der Waals surface area contributed by atoms with Crippen LogP contribution in [0.25, 0.3) is 0 Å².